The van der Waals surface area contributed by atoms with Crippen molar-refractivity contribution in [3.05, 3.63) is 0 Å². The molecular formula is C30H44N2O2. The van der Waals surface area contributed by atoms with E-state index in [9.17, 15) is 20.1 Å². The molecule has 4 saturated carbocycles. The molecule has 186 valence electrons. The van der Waals surface area contributed by atoms with E-state index in [-0.39, 0.29) is 22.2 Å². The third-order valence-electron chi connectivity index (χ3n) is 12.3. The minimum atomic E-state index is -0.576. The van der Waals surface area contributed by atoms with E-state index in [1.807, 2.05) is 0 Å². The Labute approximate surface area is 206 Å². The minimum Gasteiger partial charge on any atom is -0.300 e. The first kappa shape index (κ1) is 25.4. The van der Waals surface area contributed by atoms with Gasteiger partial charge < -0.3 is 0 Å². The van der Waals surface area contributed by atoms with E-state index in [2.05, 4.69) is 46.8 Å². The van der Waals surface area contributed by atoms with Gasteiger partial charge in [0.15, 0.2) is 0 Å². The minimum absolute atomic E-state index is 0.00237. The molecule has 0 amide bonds. The van der Waals surface area contributed by atoms with E-state index in [0.29, 0.717) is 55.0 Å². The van der Waals surface area contributed by atoms with Crippen molar-refractivity contribution in [1.82, 2.24) is 0 Å². The Hall–Kier alpha value is -1.68. The van der Waals surface area contributed by atoms with Crippen LogP contribution in [0, 0.1) is 73.4 Å². The number of hydrogen-bond donors (Lipinski definition) is 0. The maximum absolute atomic E-state index is 14.1. The lowest BCUT2D eigenvalue weighted by Crippen LogP contribution is -2.66. The standard InChI is InChI=1S/C30H44N2O2/c1-20(33)21-11-15-28(5)22(21)9-10-24-27(4)19-30(13-7-17-31,14-8-18-32)25(34)26(2,3)23(27)12-16-29(24,28)6/h21-24H,7-16,19H2,1-6H3/t21-,22-,23+,24-,27+,28-,29-/m1/s1. The zero-order valence-corrected chi connectivity index (χ0v) is 22.3. The molecule has 4 rings (SSSR count). The van der Waals surface area contributed by atoms with E-state index in [1.54, 1.807) is 6.92 Å². The summed E-state index contributed by atoms with van der Waals surface area (Å²) in [7, 11) is 0. The second kappa shape index (κ2) is 8.18. The SMILES string of the molecule is CC(=O)[C@H]1CC[C@]2(C)[C@@H]1CC[C@@H]1[C@@]3(C)CC(CCC#N)(CCC#N)C(=O)C(C)(C)[C@@H]3CC[C@]12C. The molecule has 4 aliphatic rings. The molecule has 0 spiro atoms. The van der Waals surface area contributed by atoms with Crippen LogP contribution in [0.15, 0.2) is 0 Å². The van der Waals surface area contributed by atoms with Crippen LogP contribution in [0.5, 0.6) is 0 Å². The lowest BCUT2D eigenvalue weighted by Gasteiger charge is -2.70. The first-order chi connectivity index (χ1) is 15.8. The smallest absolute Gasteiger partial charge is 0.144 e. The summed E-state index contributed by atoms with van der Waals surface area (Å²) in [4.78, 5) is 26.6. The summed E-state index contributed by atoms with van der Waals surface area (Å²) in [5, 5.41) is 18.9. The van der Waals surface area contributed by atoms with Gasteiger partial charge in [-0.3, -0.25) is 9.59 Å². The number of ketones is 2. The van der Waals surface area contributed by atoms with Crippen LogP contribution in [0.3, 0.4) is 0 Å². The van der Waals surface area contributed by atoms with Crippen molar-refractivity contribution in [3.63, 3.8) is 0 Å². The second-order valence-electron chi connectivity index (χ2n) is 13.7. The topological polar surface area (TPSA) is 81.7 Å². The van der Waals surface area contributed by atoms with Gasteiger partial charge in [0.25, 0.3) is 0 Å². The molecule has 4 heteroatoms. The van der Waals surface area contributed by atoms with Gasteiger partial charge in [-0.05, 0) is 98.7 Å². The summed E-state index contributed by atoms with van der Waals surface area (Å²) < 4.78 is 0. The van der Waals surface area contributed by atoms with E-state index >= 15 is 0 Å². The van der Waals surface area contributed by atoms with Crippen molar-refractivity contribution in [2.45, 2.75) is 112 Å². The van der Waals surface area contributed by atoms with Crippen LogP contribution in [0.1, 0.15) is 112 Å². The van der Waals surface area contributed by atoms with Gasteiger partial charge in [0, 0.05) is 29.6 Å². The van der Waals surface area contributed by atoms with Crippen LogP contribution < -0.4 is 0 Å². The molecule has 0 aliphatic heterocycles. The van der Waals surface area contributed by atoms with Crippen molar-refractivity contribution < 1.29 is 9.59 Å². The Kier molecular flexibility index (Phi) is 6.12. The van der Waals surface area contributed by atoms with E-state index in [4.69, 9.17) is 0 Å². The lowest BCUT2D eigenvalue weighted by molar-refractivity contribution is -0.219. The molecule has 0 heterocycles. The largest absolute Gasteiger partial charge is 0.300 e. The number of nitriles is 2. The van der Waals surface area contributed by atoms with Crippen molar-refractivity contribution in [3.8, 4) is 12.1 Å². The highest BCUT2D eigenvalue weighted by molar-refractivity contribution is 5.91. The highest BCUT2D eigenvalue weighted by Gasteiger charge is 2.71. The quantitative estimate of drug-likeness (QED) is 0.437. The van der Waals surface area contributed by atoms with Crippen molar-refractivity contribution >= 4 is 11.6 Å². The number of fused-ring (bicyclic) bond motifs is 5. The normalized spacial score (nSPS) is 44.2. The van der Waals surface area contributed by atoms with Gasteiger partial charge in [0.2, 0.25) is 0 Å². The fourth-order valence-electron chi connectivity index (χ4n) is 10.8. The first-order valence-electron chi connectivity index (χ1n) is 13.6. The van der Waals surface area contributed by atoms with Gasteiger partial charge in [-0.15, -0.1) is 0 Å². The van der Waals surface area contributed by atoms with Gasteiger partial charge >= 0.3 is 0 Å². The van der Waals surface area contributed by atoms with E-state index in [0.717, 1.165) is 44.9 Å². The molecule has 0 radical (unpaired) electrons. The van der Waals surface area contributed by atoms with Crippen LogP contribution >= 0.6 is 0 Å². The van der Waals surface area contributed by atoms with Crippen molar-refractivity contribution in [2.24, 2.45) is 50.7 Å². The Morgan fingerprint density at radius 2 is 1.47 bits per heavy atom. The zero-order chi connectivity index (χ0) is 25.2. The monoisotopic (exact) mass is 464 g/mol. The van der Waals surface area contributed by atoms with Crippen LogP contribution in [-0.2, 0) is 9.59 Å². The number of hydrogen-bond acceptors (Lipinski definition) is 4. The molecule has 34 heavy (non-hydrogen) atoms. The molecule has 0 aromatic heterocycles. The molecule has 0 aromatic carbocycles. The summed E-state index contributed by atoms with van der Waals surface area (Å²) in [6, 6.07) is 4.59. The van der Waals surface area contributed by atoms with Crippen LogP contribution in [0.2, 0.25) is 0 Å². The number of Topliss-reactive ketones (excluding diaryl/α,β-unsaturated/α-hetero) is 2. The van der Waals surface area contributed by atoms with Crippen LogP contribution in [0.25, 0.3) is 0 Å². The number of nitrogens with zero attached hydrogens (tertiary/aromatic N) is 2. The van der Waals surface area contributed by atoms with Crippen LogP contribution in [-0.4, -0.2) is 11.6 Å². The molecule has 0 unspecified atom stereocenters. The molecule has 4 fully saturated rings. The molecule has 7 atom stereocenters. The molecule has 0 bridgehead atoms. The molecule has 0 aromatic rings. The van der Waals surface area contributed by atoms with Crippen LogP contribution in [0.4, 0.5) is 0 Å². The third-order valence-corrected chi connectivity index (χ3v) is 12.3. The Bertz CT molecular complexity index is 936. The highest BCUT2D eigenvalue weighted by Crippen LogP contribution is 2.76. The Morgan fingerprint density at radius 3 is 2.03 bits per heavy atom. The Balaban J connectivity index is 1.80. The van der Waals surface area contributed by atoms with Crippen molar-refractivity contribution in [1.29, 1.82) is 10.5 Å². The molecule has 4 aliphatic carbocycles. The molecule has 4 nitrogen and oxygen atoms in total. The van der Waals surface area contributed by atoms with Gasteiger partial charge in [-0.2, -0.15) is 10.5 Å². The third kappa shape index (κ3) is 3.20. The number of carbonyl (C=O) groups excluding carboxylic acids is 2. The fourth-order valence-corrected chi connectivity index (χ4v) is 10.8. The van der Waals surface area contributed by atoms with Gasteiger partial charge in [0.1, 0.15) is 11.6 Å². The molecule has 0 N–H and O–H groups in total. The average molecular weight is 465 g/mol. The lowest BCUT2D eigenvalue weighted by atomic mass is 9.33. The van der Waals surface area contributed by atoms with Gasteiger partial charge in [-0.25, -0.2) is 0 Å². The zero-order valence-electron chi connectivity index (χ0n) is 22.3. The predicted octanol–water partition coefficient (Wildman–Crippen LogP) is 7.03. The summed E-state index contributed by atoms with van der Waals surface area (Å²) >= 11 is 0. The van der Waals surface area contributed by atoms with Crippen molar-refractivity contribution in [2.75, 3.05) is 0 Å². The van der Waals surface area contributed by atoms with E-state index < -0.39 is 10.8 Å². The summed E-state index contributed by atoms with van der Waals surface area (Å²) in [5.41, 5.74) is -0.716. The maximum atomic E-state index is 14.1. The molecule has 0 saturated heterocycles. The molecular weight excluding hydrogens is 420 g/mol. The summed E-state index contributed by atoms with van der Waals surface area (Å²) in [5.74, 6) is 2.19. The van der Waals surface area contributed by atoms with Gasteiger partial charge in [-0.1, -0.05) is 34.6 Å². The number of rotatable bonds is 5. The summed E-state index contributed by atoms with van der Waals surface area (Å²) in [6.07, 6.45) is 9.29. The predicted molar refractivity (Wildman–Crippen MR) is 132 cm³/mol. The maximum Gasteiger partial charge on any atom is 0.144 e. The average Bonchev–Trinajstić information content (AvgIpc) is 3.13. The Morgan fingerprint density at radius 1 is 0.882 bits per heavy atom. The van der Waals surface area contributed by atoms with E-state index in [1.165, 1.54) is 0 Å². The fraction of sp³-hybridized carbons (Fsp3) is 0.867. The van der Waals surface area contributed by atoms with Gasteiger partial charge in [0.05, 0.1) is 12.1 Å². The second-order valence-corrected chi connectivity index (χ2v) is 13.7. The summed E-state index contributed by atoms with van der Waals surface area (Å²) in [6.45, 7) is 13.6. The highest BCUT2D eigenvalue weighted by atomic mass is 16.1. The first-order valence-corrected chi connectivity index (χ1v) is 13.6. The number of carbonyl (C=O) groups is 2.